The highest BCUT2D eigenvalue weighted by Crippen LogP contribution is 2.36. The first-order valence-corrected chi connectivity index (χ1v) is 11.0. The normalized spacial score (nSPS) is 20.4. The molecule has 2 aromatic carbocycles. The van der Waals surface area contributed by atoms with Gasteiger partial charge < -0.3 is 0 Å². The van der Waals surface area contributed by atoms with E-state index >= 15 is 0 Å². The monoisotopic (exact) mass is 354 g/mol. The molecule has 0 bridgehead atoms. The summed E-state index contributed by atoms with van der Waals surface area (Å²) in [7, 11) is 0. The molecule has 4 rings (SSSR count). The van der Waals surface area contributed by atoms with E-state index in [9.17, 15) is 0 Å². The van der Waals surface area contributed by atoms with Crippen LogP contribution in [0.2, 0.25) is 0 Å². The van der Waals surface area contributed by atoms with Crippen molar-refractivity contribution in [2.24, 2.45) is 0 Å². The van der Waals surface area contributed by atoms with Crippen LogP contribution in [0.1, 0.15) is 81.5 Å². The standard InChI is InChI=1S/C12H16.C10H12S.C2H6/c1-3-10-5-7-12-9(2)4-6-11(12)8-10;1-8-6-7-11-10-5-3-2-4-9(8)10;1-2/h5,7-9H,3-4,6H2,1-2H3;2-5,8H,6-7H2,1H3;1-2H3. The van der Waals surface area contributed by atoms with Crippen molar-refractivity contribution < 1.29 is 0 Å². The van der Waals surface area contributed by atoms with Crippen LogP contribution in [0.3, 0.4) is 0 Å². The van der Waals surface area contributed by atoms with Gasteiger partial charge in [-0.1, -0.05) is 71.0 Å². The first-order valence-electron chi connectivity index (χ1n) is 10.0. The van der Waals surface area contributed by atoms with Crippen molar-refractivity contribution in [2.75, 3.05) is 5.75 Å². The second-order valence-electron chi connectivity index (χ2n) is 6.90. The highest BCUT2D eigenvalue weighted by Gasteiger charge is 2.17. The zero-order valence-electron chi connectivity index (χ0n) is 16.6. The molecule has 0 spiro atoms. The van der Waals surface area contributed by atoms with Crippen LogP contribution in [0.5, 0.6) is 0 Å². The van der Waals surface area contributed by atoms with E-state index in [1.807, 2.05) is 25.6 Å². The largest absolute Gasteiger partial charge is 0.126 e. The molecule has 0 aromatic heterocycles. The lowest BCUT2D eigenvalue weighted by atomic mass is 9.98. The van der Waals surface area contributed by atoms with Gasteiger partial charge >= 0.3 is 0 Å². The van der Waals surface area contributed by atoms with Crippen LogP contribution in [0.4, 0.5) is 0 Å². The molecule has 2 aromatic rings. The number of hydrogen-bond acceptors (Lipinski definition) is 1. The number of aryl methyl sites for hydroxylation is 2. The molecule has 136 valence electrons. The average Bonchev–Trinajstić information content (AvgIpc) is 3.05. The fourth-order valence-corrected chi connectivity index (χ4v) is 4.93. The van der Waals surface area contributed by atoms with Gasteiger partial charge in [-0.05, 0) is 71.6 Å². The zero-order valence-corrected chi connectivity index (χ0v) is 17.5. The van der Waals surface area contributed by atoms with Crippen molar-refractivity contribution in [3.05, 3.63) is 64.7 Å². The highest BCUT2D eigenvalue weighted by atomic mass is 32.2. The minimum absolute atomic E-state index is 0.771. The summed E-state index contributed by atoms with van der Waals surface area (Å²) >= 11 is 1.99. The molecule has 2 aliphatic rings. The predicted octanol–water partition coefficient (Wildman–Crippen LogP) is 7.61. The summed E-state index contributed by atoms with van der Waals surface area (Å²) in [5.41, 5.74) is 6.22. The van der Waals surface area contributed by atoms with Crippen LogP contribution in [0.15, 0.2) is 47.4 Å². The minimum Gasteiger partial charge on any atom is -0.126 e. The molecule has 1 heterocycles. The summed E-state index contributed by atoms with van der Waals surface area (Å²) in [5.74, 6) is 2.86. The fourth-order valence-electron chi connectivity index (χ4n) is 3.62. The number of fused-ring (bicyclic) bond motifs is 2. The van der Waals surface area contributed by atoms with Gasteiger partial charge in [-0.15, -0.1) is 11.8 Å². The summed E-state index contributed by atoms with van der Waals surface area (Å²) in [6, 6.07) is 15.7. The van der Waals surface area contributed by atoms with E-state index in [2.05, 4.69) is 63.2 Å². The number of thioether (sulfide) groups is 1. The van der Waals surface area contributed by atoms with Crippen LogP contribution in [-0.2, 0) is 12.8 Å². The molecule has 0 nitrogen and oxygen atoms in total. The van der Waals surface area contributed by atoms with Crippen LogP contribution in [0, 0.1) is 0 Å². The third kappa shape index (κ3) is 5.14. The third-order valence-electron chi connectivity index (χ3n) is 5.25. The lowest BCUT2D eigenvalue weighted by molar-refractivity contribution is 0.713. The lowest BCUT2D eigenvalue weighted by Crippen LogP contribution is -2.02. The van der Waals surface area contributed by atoms with E-state index in [1.165, 1.54) is 41.9 Å². The van der Waals surface area contributed by atoms with Gasteiger partial charge in [0.1, 0.15) is 0 Å². The Balaban J connectivity index is 0.000000165. The van der Waals surface area contributed by atoms with Gasteiger partial charge in [0, 0.05) is 4.90 Å². The zero-order chi connectivity index (χ0) is 18.2. The molecular formula is C24H34S. The van der Waals surface area contributed by atoms with E-state index in [4.69, 9.17) is 0 Å². The molecular weight excluding hydrogens is 320 g/mol. The molecule has 0 saturated carbocycles. The number of benzene rings is 2. The molecule has 0 fully saturated rings. The quantitative estimate of drug-likeness (QED) is 0.507. The molecule has 0 saturated heterocycles. The maximum Gasteiger partial charge on any atom is 0.0107 e. The maximum absolute atomic E-state index is 2.39. The van der Waals surface area contributed by atoms with E-state index in [0.717, 1.165) is 11.8 Å². The van der Waals surface area contributed by atoms with Crippen molar-refractivity contribution in [3.63, 3.8) is 0 Å². The number of rotatable bonds is 1. The summed E-state index contributed by atoms with van der Waals surface area (Å²) in [4.78, 5) is 1.49. The Morgan fingerprint density at radius 3 is 2.36 bits per heavy atom. The third-order valence-corrected chi connectivity index (χ3v) is 6.37. The second kappa shape index (κ2) is 10.1. The Labute approximate surface area is 159 Å². The van der Waals surface area contributed by atoms with E-state index < -0.39 is 0 Å². The Morgan fingerprint density at radius 1 is 0.920 bits per heavy atom. The topological polar surface area (TPSA) is 0 Å². The van der Waals surface area contributed by atoms with Crippen molar-refractivity contribution in [2.45, 2.75) is 77.0 Å². The Kier molecular flexibility index (Phi) is 8.09. The Bertz CT molecular complexity index is 659. The van der Waals surface area contributed by atoms with E-state index in [0.29, 0.717) is 0 Å². The molecule has 1 heteroatoms. The predicted molar refractivity (Wildman–Crippen MR) is 114 cm³/mol. The molecule has 0 N–H and O–H groups in total. The van der Waals surface area contributed by atoms with Crippen LogP contribution in [-0.4, -0.2) is 5.75 Å². The minimum atomic E-state index is 0.771. The number of hydrogen-bond donors (Lipinski definition) is 0. The van der Waals surface area contributed by atoms with Gasteiger partial charge in [0.05, 0.1) is 0 Å². The van der Waals surface area contributed by atoms with Crippen molar-refractivity contribution in [1.29, 1.82) is 0 Å². The van der Waals surface area contributed by atoms with Crippen molar-refractivity contribution in [1.82, 2.24) is 0 Å². The summed E-state index contributed by atoms with van der Waals surface area (Å²) in [6.07, 6.45) is 5.15. The molecule has 2 atom stereocenters. The maximum atomic E-state index is 2.39. The lowest BCUT2D eigenvalue weighted by Gasteiger charge is -2.20. The van der Waals surface area contributed by atoms with Gasteiger partial charge in [0.15, 0.2) is 0 Å². The summed E-state index contributed by atoms with van der Waals surface area (Å²) < 4.78 is 0. The summed E-state index contributed by atoms with van der Waals surface area (Å²) in [5, 5.41) is 0. The van der Waals surface area contributed by atoms with Crippen molar-refractivity contribution >= 4 is 11.8 Å². The van der Waals surface area contributed by atoms with Gasteiger partial charge in [-0.25, -0.2) is 0 Å². The van der Waals surface area contributed by atoms with Crippen LogP contribution >= 0.6 is 11.8 Å². The van der Waals surface area contributed by atoms with Gasteiger partial charge in [0.25, 0.3) is 0 Å². The molecule has 25 heavy (non-hydrogen) atoms. The average molecular weight is 355 g/mol. The molecule has 0 radical (unpaired) electrons. The first-order chi connectivity index (χ1) is 12.2. The first kappa shape index (κ1) is 20.1. The van der Waals surface area contributed by atoms with E-state index in [-0.39, 0.29) is 0 Å². The SMILES string of the molecule is CC.CC1CCSc2ccccc21.CCc1ccc2c(c1)CCC2C. The Morgan fingerprint density at radius 2 is 1.64 bits per heavy atom. The van der Waals surface area contributed by atoms with Gasteiger partial charge in [0.2, 0.25) is 0 Å². The van der Waals surface area contributed by atoms with Crippen LogP contribution in [0.25, 0.3) is 0 Å². The smallest absolute Gasteiger partial charge is 0.0107 e. The molecule has 2 unspecified atom stereocenters. The highest BCUT2D eigenvalue weighted by molar-refractivity contribution is 7.99. The molecule has 1 aliphatic carbocycles. The molecule has 0 amide bonds. The Hall–Kier alpha value is -1.21. The van der Waals surface area contributed by atoms with E-state index in [1.54, 1.807) is 16.7 Å². The van der Waals surface area contributed by atoms with Crippen LogP contribution < -0.4 is 0 Å². The second-order valence-corrected chi connectivity index (χ2v) is 8.04. The molecule has 1 aliphatic heterocycles. The van der Waals surface area contributed by atoms with Gasteiger partial charge in [-0.3, -0.25) is 0 Å². The summed E-state index contributed by atoms with van der Waals surface area (Å²) in [6.45, 7) is 10.9. The fraction of sp³-hybridized carbons (Fsp3) is 0.500. The van der Waals surface area contributed by atoms with Crippen molar-refractivity contribution in [3.8, 4) is 0 Å². The van der Waals surface area contributed by atoms with Gasteiger partial charge in [-0.2, -0.15) is 0 Å².